The molecule has 3 rings (SSSR count). The third-order valence-corrected chi connectivity index (χ3v) is 5.58. The number of carboxylic acid groups (broad SMARTS) is 1. The molecule has 2 amide bonds. The molecule has 0 aliphatic heterocycles. The second-order valence-corrected chi connectivity index (χ2v) is 7.81. The van der Waals surface area contributed by atoms with E-state index in [1.807, 2.05) is 36.4 Å². The number of carbonyl (C=O) groups excluding carboxylic acids is 2. The molecule has 3 N–H and O–H groups in total. The van der Waals surface area contributed by atoms with Crippen LogP contribution in [0.2, 0.25) is 0 Å². The minimum Gasteiger partial charge on any atom is -0.481 e. The van der Waals surface area contributed by atoms with Gasteiger partial charge in [-0.25, -0.2) is 4.79 Å². The molecule has 1 aliphatic rings. The van der Waals surface area contributed by atoms with Crippen LogP contribution < -0.4 is 10.6 Å². The van der Waals surface area contributed by atoms with Gasteiger partial charge in [0.2, 0.25) is 5.91 Å². The van der Waals surface area contributed by atoms with Gasteiger partial charge >= 0.3 is 12.1 Å². The van der Waals surface area contributed by atoms with Gasteiger partial charge in [-0.2, -0.15) is 0 Å². The monoisotopic (exact) mass is 440 g/mol. The zero-order chi connectivity index (χ0) is 23.1. The normalized spacial score (nSPS) is 14.1. The van der Waals surface area contributed by atoms with Crippen molar-refractivity contribution >= 4 is 18.0 Å². The van der Waals surface area contributed by atoms with Crippen molar-refractivity contribution in [2.45, 2.75) is 25.4 Å². The predicted octanol–water partition coefficient (Wildman–Crippen LogP) is 2.77. The molecule has 0 saturated heterocycles. The highest BCUT2D eigenvalue weighted by Gasteiger charge is 2.29. The van der Waals surface area contributed by atoms with Gasteiger partial charge in [0, 0.05) is 26.1 Å². The second-order valence-electron chi connectivity index (χ2n) is 7.81. The third kappa shape index (κ3) is 5.64. The molecular weight excluding hydrogens is 412 g/mol. The van der Waals surface area contributed by atoms with Gasteiger partial charge in [-0.1, -0.05) is 55.5 Å². The Morgan fingerprint density at radius 3 is 2.12 bits per heavy atom. The number of ether oxygens (including phenoxy) is 2. The van der Waals surface area contributed by atoms with Crippen LogP contribution in [0.15, 0.2) is 48.5 Å². The number of aliphatic carboxylic acids is 1. The Kier molecular flexibility index (Phi) is 7.83. The lowest BCUT2D eigenvalue weighted by Crippen LogP contribution is -2.41. The summed E-state index contributed by atoms with van der Waals surface area (Å²) in [6.45, 7) is 2.04. The summed E-state index contributed by atoms with van der Waals surface area (Å²) in [4.78, 5) is 35.2. The molecule has 170 valence electrons. The maximum Gasteiger partial charge on any atom is 0.407 e. The largest absolute Gasteiger partial charge is 0.481 e. The van der Waals surface area contributed by atoms with Gasteiger partial charge in [-0.15, -0.1) is 0 Å². The molecule has 2 unspecified atom stereocenters. The van der Waals surface area contributed by atoms with E-state index in [4.69, 9.17) is 14.6 Å². The molecule has 0 radical (unpaired) electrons. The van der Waals surface area contributed by atoms with Crippen molar-refractivity contribution in [1.29, 1.82) is 0 Å². The van der Waals surface area contributed by atoms with E-state index in [0.717, 1.165) is 22.3 Å². The van der Waals surface area contributed by atoms with Gasteiger partial charge in [0.1, 0.15) is 6.61 Å². The number of carbonyl (C=O) groups is 3. The molecule has 32 heavy (non-hydrogen) atoms. The molecule has 0 aromatic heterocycles. The summed E-state index contributed by atoms with van der Waals surface area (Å²) in [7, 11) is 1.39. The van der Waals surface area contributed by atoms with Crippen LogP contribution in [-0.4, -0.2) is 56.0 Å². The first-order valence-corrected chi connectivity index (χ1v) is 10.5. The highest BCUT2D eigenvalue weighted by molar-refractivity contribution is 5.80. The molecule has 0 spiro atoms. The lowest BCUT2D eigenvalue weighted by Gasteiger charge is -2.18. The Balaban J connectivity index is 1.46. The summed E-state index contributed by atoms with van der Waals surface area (Å²) in [5.41, 5.74) is 4.56. The first kappa shape index (κ1) is 23.3. The molecule has 8 heteroatoms. The van der Waals surface area contributed by atoms with Gasteiger partial charge in [0.15, 0.2) is 0 Å². The van der Waals surface area contributed by atoms with E-state index in [1.54, 1.807) is 6.92 Å². The number of carboxylic acids is 1. The van der Waals surface area contributed by atoms with Crippen molar-refractivity contribution in [2.24, 2.45) is 5.92 Å². The molecule has 2 aromatic rings. The minimum atomic E-state index is -1.00. The maximum atomic E-state index is 12.2. The minimum absolute atomic E-state index is 0.0333. The molecule has 8 nitrogen and oxygen atoms in total. The number of hydrogen-bond acceptors (Lipinski definition) is 5. The number of rotatable bonds is 10. The summed E-state index contributed by atoms with van der Waals surface area (Å²) >= 11 is 0. The SMILES string of the molecule is COC(CNC(=O)C(C)CNC(=O)OCC1c2ccccc2-c2ccccc21)CC(=O)O. The zero-order valence-electron chi connectivity index (χ0n) is 18.2. The van der Waals surface area contributed by atoms with Crippen molar-refractivity contribution in [2.75, 3.05) is 26.8 Å². The Morgan fingerprint density at radius 2 is 1.56 bits per heavy atom. The quantitative estimate of drug-likeness (QED) is 0.524. The third-order valence-electron chi connectivity index (χ3n) is 5.58. The summed E-state index contributed by atoms with van der Waals surface area (Å²) in [6, 6.07) is 16.2. The van der Waals surface area contributed by atoms with Crippen molar-refractivity contribution in [3.05, 3.63) is 59.7 Å². The highest BCUT2D eigenvalue weighted by Crippen LogP contribution is 2.44. The first-order chi connectivity index (χ1) is 15.4. The maximum absolute atomic E-state index is 12.2. The predicted molar refractivity (Wildman–Crippen MR) is 118 cm³/mol. The van der Waals surface area contributed by atoms with Crippen LogP contribution in [0.5, 0.6) is 0 Å². The van der Waals surface area contributed by atoms with Crippen LogP contribution in [0.4, 0.5) is 4.79 Å². The van der Waals surface area contributed by atoms with E-state index < -0.39 is 24.1 Å². The number of methoxy groups -OCH3 is 1. The number of fused-ring (bicyclic) bond motifs is 3. The molecule has 0 saturated carbocycles. The highest BCUT2D eigenvalue weighted by atomic mass is 16.5. The van der Waals surface area contributed by atoms with Crippen LogP contribution in [0.1, 0.15) is 30.4 Å². The van der Waals surface area contributed by atoms with Gasteiger partial charge in [0.05, 0.1) is 18.4 Å². The average Bonchev–Trinajstić information content (AvgIpc) is 3.12. The number of hydrogen-bond donors (Lipinski definition) is 3. The molecule has 0 bridgehead atoms. The van der Waals surface area contributed by atoms with Crippen molar-refractivity contribution in [1.82, 2.24) is 10.6 Å². The van der Waals surface area contributed by atoms with Crippen molar-refractivity contribution in [3.63, 3.8) is 0 Å². The molecule has 0 heterocycles. The summed E-state index contributed by atoms with van der Waals surface area (Å²) in [5, 5.41) is 14.1. The topological polar surface area (TPSA) is 114 Å². The molecule has 2 atom stereocenters. The van der Waals surface area contributed by atoms with E-state index in [1.165, 1.54) is 7.11 Å². The Hall–Kier alpha value is -3.39. The number of benzene rings is 2. The van der Waals surface area contributed by atoms with Gasteiger partial charge < -0.3 is 25.2 Å². The lowest BCUT2D eigenvalue weighted by atomic mass is 9.98. The first-order valence-electron chi connectivity index (χ1n) is 10.5. The second kappa shape index (κ2) is 10.8. The Bertz CT molecular complexity index is 931. The van der Waals surface area contributed by atoms with Gasteiger partial charge in [-0.3, -0.25) is 9.59 Å². The summed E-state index contributed by atoms with van der Waals surface area (Å²) in [5.74, 6) is -1.86. The molecule has 2 aromatic carbocycles. The number of amides is 2. The summed E-state index contributed by atoms with van der Waals surface area (Å²) < 4.78 is 10.5. The number of alkyl carbamates (subject to hydrolysis) is 1. The molecular formula is C24H28N2O6. The van der Waals surface area contributed by atoms with Crippen molar-refractivity contribution < 1.29 is 29.0 Å². The van der Waals surface area contributed by atoms with Crippen LogP contribution >= 0.6 is 0 Å². The van der Waals surface area contributed by atoms with E-state index in [2.05, 4.69) is 22.8 Å². The van der Waals surface area contributed by atoms with E-state index in [-0.39, 0.29) is 37.9 Å². The lowest BCUT2D eigenvalue weighted by molar-refractivity contribution is -0.140. The standard InChI is InChI=1S/C24H28N2O6/c1-15(23(29)25-13-16(31-2)11-22(27)28)12-26-24(30)32-14-21-19-9-5-3-7-17(19)18-8-4-6-10-20(18)21/h3-10,15-16,21H,11-14H2,1-2H3,(H,25,29)(H,26,30)(H,27,28). The summed E-state index contributed by atoms with van der Waals surface area (Å²) in [6.07, 6.45) is -1.41. The Morgan fingerprint density at radius 1 is 0.969 bits per heavy atom. The fourth-order valence-corrected chi connectivity index (χ4v) is 3.80. The molecule has 1 aliphatic carbocycles. The van der Waals surface area contributed by atoms with E-state index in [9.17, 15) is 14.4 Å². The fraction of sp³-hybridized carbons (Fsp3) is 0.375. The molecule has 0 fully saturated rings. The Labute approximate surface area is 186 Å². The van der Waals surface area contributed by atoms with Crippen LogP contribution in [-0.2, 0) is 19.1 Å². The van der Waals surface area contributed by atoms with Gasteiger partial charge in [-0.05, 0) is 22.3 Å². The average molecular weight is 440 g/mol. The van der Waals surface area contributed by atoms with E-state index >= 15 is 0 Å². The van der Waals surface area contributed by atoms with E-state index in [0.29, 0.717) is 0 Å². The van der Waals surface area contributed by atoms with Crippen molar-refractivity contribution in [3.8, 4) is 11.1 Å². The fourth-order valence-electron chi connectivity index (χ4n) is 3.80. The number of nitrogens with one attached hydrogen (secondary N) is 2. The zero-order valence-corrected chi connectivity index (χ0v) is 18.2. The van der Waals surface area contributed by atoms with Crippen LogP contribution in [0, 0.1) is 5.92 Å². The smallest absolute Gasteiger partial charge is 0.407 e. The van der Waals surface area contributed by atoms with Crippen LogP contribution in [0.25, 0.3) is 11.1 Å². The van der Waals surface area contributed by atoms with Crippen LogP contribution in [0.3, 0.4) is 0 Å². The van der Waals surface area contributed by atoms with Gasteiger partial charge in [0.25, 0.3) is 0 Å².